The van der Waals surface area contributed by atoms with E-state index in [1.54, 1.807) is 6.20 Å². The van der Waals surface area contributed by atoms with Crippen molar-refractivity contribution >= 4 is 5.82 Å². The van der Waals surface area contributed by atoms with Gasteiger partial charge in [-0.15, -0.1) is 0 Å². The zero-order chi connectivity index (χ0) is 12.1. The Labute approximate surface area is 101 Å². The number of rotatable bonds is 3. The van der Waals surface area contributed by atoms with Crippen molar-refractivity contribution in [1.29, 1.82) is 5.26 Å². The van der Waals surface area contributed by atoms with Gasteiger partial charge in [0.05, 0.1) is 18.5 Å². The molecule has 17 heavy (non-hydrogen) atoms. The van der Waals surface area contributed by atoms with Crippen molar-refractivity contribution in [2.24, 2.45) is 5.92 Å². The van der Waals surface area contributed by atoms with Crippen LogP contribution >= 0.6 is 0 Å². The van der Waals surface area contributed by atoms with Crippen molar-refractivity contribution in [3.8, 4) is 6.07 Å². The minimum Gasteiger partial charge on any atom is -0.393 e. The van der Waals surface area contributed by atoms with E-state index in [1.165, 1.54) is 12.6 Å². The third-order valence-corrected chi connectivity index (χ3v) is 3.18. The molecule has 2 rings (SSSR count). The summed E-state index contributed by atoms with van der Waals surface area (Å²) in [5, 5.41) is 21.6. The maximum atomic E-state index is 9.81. The van der Waals surface area contributed by atoms with Crippen LogP contribution in [0.15, 0.2) is 12.4 Å². The molecule has 0 aliphatic heterocycles. The van der Waals surface area contributed by atoms with Gasteiger partial charge in [-0.1, -0.05) is 12.8 Å². The van der Waals surface area contributed by atoms with Gasteiger partial charge >= 0.3 is 0 Å². The van der Waals surface area contributed by atoms with Gasteiger partial charge in [0.25, 0.3) is 0 Å². The van der Waals surface area contributed by atoms with Crippen LogP contribution in [-0.4, -0.2) is 27.7 Å². The lowest BCUT2D eigenvalue weighted by Crippen LogP contribution is -2.30. The van der Waals surface area contributed by atoms with Crippen LogP contribution in [0, 0.1) is 17.2 Å². The second-order valence-corrected chi connectivity index (χ2v) is 4.39. The molecule has 0 spiro atoms. The molecule has 1 aromatic rings. The van der Waals surface area contributed by atoms with E-state index in [2.05, 4.69) is 15.3 Å². The normalized spacial score (nSPS) is 24.0. The molecule has 0 aromatic carbocycles. The Kier molecular flexibility index (Phi) is 3.89. The van der Waals surface area contributed by atoms with Crippen LogP contribution in [0.1, 0.15) is 31.4 Å². The van der Waals surface area contributed by atoms with Gasteiger partial charge in [-0.05, 0) is 12.8 Å². The summed E-state index contributed by atoms with van der Waals surface area (Å²) in [5.41, 5.74) is 0.313. The van der Waals surface area contributed by atoms with E-state index in [1.807, 2.05) is 6.07 Å². The number of aromatic nitrogens is 2. The number of aliphatic hydroxyl groups excluding tert-OH is 1. The third kappa shape index (κ3) is 3.14. The zero-order valence-corrected chi connectivity index (χ0v) is 9.63. The van der Waals surface area contributed by atoms with Crippen LogP contribution in [0.3, 0.4) is 0 Å². The maximum Gasteiger partial charge on any atom is 0.158 e. The van der Waals surface area contributed by atoms with Crippen molar-refractivity contribution < 1.29 is 5.11 Å². The molecular formula is C12H16N4O. The molecule has 1 aliphatic rings. The minimum atomic E-state index is -0.206. The first-order chi connectivity index (χ1) is 8.29. The van der Waals surface area contributed by atoms with Crippen LogP contribution in [0.2, 0.25) is 0 Å². The Bertz CT molecular complexity index is 398. The van der Waals surface area contributed by atoms with E-state index in [9.17, 15) is 5.11 Å². The summed E-state index contributed by atoms with van der Waals surface area (Å²) in [6, 6.07) is 1.93. The Morgan fingerprint density at radius 3 is 2.82 bits per heavy atom. The smallest absolute Gasteiger partial charge is 0.158 e. The third-order valence-electron chi connectivity index (χ3n) is 3.18. The van der Waals surface area contributed by atoms with E-state index < -0.39 is 0 Å². The van der Waals surface area contributed by atoms with Crippen LogP contribution in [0.5, 0.6) is 0 Å². The number of hydrogen-bond donors (Lipinski definition) is 2. The summed E-state index contributed by atoms with van der Waals surface area (Å²) in [5.74, 6) is 0.947. The van der Waals surface area contributed by atoms with Crippen LogP contribution in [0.4, 0.5) is 5.82 Å². The molecule has 1 aliphatic carbocycles. The Morgan fingerprint density at radius 1 is 1.35 bits per heavy atom. The molecule has 90 valence electrons. The predicted octanol–water partition coefficient (Wildman–Crippen LogP) is 1.31. The highest BCUT2D eigenvalue weighted by Crippen LogP contribution is 2.24. The van der Waals surface area contributed by atoms with Crippen molar-refractivity contribution in [2.45, 2.75) is 31.8 Å². The molecule has 0 amide bonds. The lowest BCUT2D eigenvalue weighted by Gasteiger charge is -2.27. The SMILES string of the molecule is N#Cc1cnc(NCC2CCCCC2O)cn1. The second-order valence-electron chi connectivity index (χ2n) is 4.39. The number of hydrogen-bond acceptors (Lipinski definition) is 5. The number of nitrogens with one attached hydrogen (secondary N) is 1. The first-order valence-corrected chi connectivity index (χ1v) is 5.93. The molecule has 1 heterocycles. The highest BCUT2D eigenvalue weighted by Gasteiger charge is 2.22. The number of aliphatic hydroxyl groups is 1. The summed E-state index contributed by atoms with van der Waals surface area (Å²) < 4.78 is 0. The first kappa shape index (κ1) is 11.8. The van der Waals surface area contributed by atoms with Gasteiger partial charge < -0.3 is 10.4 Å². The van der Waals surface area contributed by atoms with Crippen LogP contribution in [-0.2, 0) is 0 Å². The summed E-state index contributed by atoms with van der Waals surface area (Å²) in [6.07, 6.45) is 7.04. The van der Waals surface area contributed by atoms with Gasteiger partial charge in [-0.2, -0.15) is 5.26 Å². The molecule has 1 aromatic heterocycles. The Balaban J connectivity index is 1.86. The van der Waals surface area contributed by atoms with Gasteiger partial charge in [0.2, 0.25) is 0 Å². The molecule has 1 fully saturated rings. The molecule has 2 atom stereocenters. The molecule has 0 bridgehead atoms. The predicted molar refractivity (Wildman–Crippen MR) is 63.2 cm³/mol. The quantitative estimate of drug-likeness (QED) is 0.821. The van der Waals surface area contributed by atoms with Gasteiger partial charge in [0.15, 0.2) is 5.69 Å². The van der Waals surface area contributed by atoms with Crippen molar-refractivity contribution in [1.82, 2.24) is 9.97 Å². The average molecular weight is 232 g/mol. The van der Waals surface area contributed by atoms with Gasteiger partial charge in [-0.3, -0.25) is 0 Å². The van der Waals surface area contributed by atoms with E-state index in [-0.39, 0.29) is 6.10 Å². The fourth-order valence-corrected chi connectivity index (χ4v) is 2.14. The van der Waals surface area contributed by atoms with Crippen LogP contribution < -0.4 is 5.32 Å². The summed E-state index contributed by atoms with van der Waals surface area (Å²) in [6.45, 7) is 0.710. The highest BCUT2D eigenvalue weighted by molar-refractivity contribution is 5.33. The second kappa shape index (κ2) is 5.60. The largest absolute Gasteiger partial charge is 0.393 e. The fraction of sp³-hybridized carbons (Fsp3) is 0.583. The standard InChI is InChI=1S/C12H16N4O/c13-5-10-7-16-12(8-14-10)15-6-9-3-1-2-4-11(9)17/h7-9,11,17H,1-4,6H2,(H,15,16). The van der Waals surface area contributed by atoms with Crippen molar-refractivity contribution in [3.63, 3.8) is 0 Å². The summed E-state index contributed by atoms with van der Waals surface area (Å²) in [7, 11) is 0. The van der Waals surface area contributed by atoms with Gasteiger partial charge in [-0.25, -0.2) is 9.97 Å². The summed E-state index contributed by atoms with van der Waals surface area (Å²) in [4.78, 5) is 8.01. The topological polar surface area (TPSA) is 81.8 Å². The lowest BCUT2D eigenvalue weighted by atomic mass is 9.86. The van der Waals surface area contributed by atoms with E-state index in [4.69, 9.17) is 5.26 Å². The van der Waals surface area contributed by atoms with Gasteiger partial charge in [0, 0.05) is 12.5 Å². The maximum absolute atomic E-state index is 9.81. The van der Waals surface area contributed by atoms with Crippen molar-refractivity contribution in [2.75, 3.05) is 11.9 Å². The Morgan fingerprint density at radius 2 is 2.18 bits per heavy atom. The fourth-order valence-electron chi connectivity index (χ4n) is 2.14. The van der Waals surface area contributed by atoms with E-state index in [0.29, 0.717) is 24.0 Å². The lowest BCUT2D eigenvalue weighted by molar-refractivity contribution is 0.0763. The molecule has 2 N–H and O–H groups in total. The van der Waals surface area contributed by atoms with E-state index in [0.717, 1.165) is 19.3 Å². The number of anilines is 1. The monoisotopic (exact) mass is 232 g/mol. The number of nitrogens with zero attached hydrogens (tertiary/aromatic N) is 3. The first-order valence-electron chi connectivity index (χ1n) is 5.93. The minimum absolute atomic E-state index is 0.206. The molecule has 5 heteroatoms. The van der Waals surface area contributed by atoms with Crippen LogP contribution in [0.25, 0.3) is 0 Å². The summed E-state index contributed by atoms with van der Waals surface area (Å²) >= 11 is 0. The highest BCUT2D eigenvalue weighted by atomic mass is 16.3. The molecule has 2 unspecified atom stereocenters. The molecule has 1 saturated carbocycles. The number of nitriles is 1. The van der Waals surface area contributed by atoms with Crippen molar-refractivity contribution in [3.05, 3.63) is 18.1 Å². The van der Waals surface area contributed by atoms with Gasteiger partial charge in [0.1, 0.15) is 11.9 Å². The molecule has 5 nitrogen and oxygen atoms in total. The Hall–Kier alpha value is -1.67. The average Bonchev–Trinajstić information content (AvgIpc) is 2.38. The van der Waals surface area contributed by atoms with E-state index >= 15 is 0 Å². The zero-order valence-electron chi connectivity index (χ0n) is 9.63. The molecule has 0 saturated heterocycles. The molecule has 0 radical (unpaired) electrons. The molecular weight excluding hydrogens is 216 g/mol.